The van der Waals surface area contributed by atoms with Crippen LogP contribution in [0.2, 0.25) is 0 Å². The molecular weight excluding hydrogens is 150 g/mol. The van der Waals surface area contributed by atoms with Gasteiger partial charge in [-0.3, -0.25) is 5.10 Å². The number of nitrogens with zero attached hydrogens (tertiary/aromatic N) is 1. The number of hydrogen-bond acceptors (Lipinski definition) is 2. The van der Waals surface area contributed by atoms with E-state index in [9.17, 15) is 0 Å². The average molecular weight is 163 g/mol. The van der Waals surface area contributed by atoms with Gasteiger partial charge in [-0.1, -0.05) is 0 Å². The first-order valence-corrected chi connectivity index (χ1v) is 4.60. The Kier molecular flexibility index (Phi) is 1.06. The molecule has 3 rings (SSSR count). The normalized spacial score (nSPS) is 30.2. The Morgan fingerprint density at radius 1 is 1.50 bits per heavy atom. The molecule has 1 saturated carbocycles. The molecule has 1 unspecified atom stereocenters. The molecule has 64 valence electrons. The Morgan fingerprint density at radius 3 is 3.08 bits per heavy atom. The van der Waals surface area contributed by atoms with Crippen molar-refractivity contribution in [2.75, 3.05) is 0 Å². The average Bonchev–Trinajstić information content (AvgIpc) is 2.69. The quantitative estimate of drug-likeness (QED) is 0.602. The van der Waals surface area contributed by atoms with Crippen LogP contribution in [0.3, 0.4) is 0 Å². The predicted octanol–water partition coefficient (Wildman–Crippen LogP) is 1.14. The van der Waals surface area contributed by atoms with Gasteiger partial charge in [-0.25, -0.2) is 0 Å². The lowest BCUT2D eigenvalue weighted by Gasteiger charge is -2.27. The lowest BCUT2D eigenvalue weighted by atomic mass is 9.81. The lowest BCUT2D eigenvalue weighted by molar-refractivity contribution is 0.353. The summed E-state index contributed by atoms with van der Waals surface area (Å²) >= 11 is 0. The zero-order valence-corrected chi connectivity index (χ0v) is 7.01. The summed E-state index contributed by atoms with van der Waals surface area (Å²) in [5.41, 5.74) is 9.17. The van der Waals surface area contributed by atoms with Crippen LogP contribution in [0.4, 0.5) is 0 Å². The second kappa shape index (κ2) is 1.91. The molecule has 3 N–H and O–H groups in total. The summed E-state index contributed by atoms with van der Waals surface area (Å²) in [5, 5.41) is 7.07. The van der Waals surface area contributed by atoms with Crippen LogP contribution >= 0.6 is 0 Å². The first-order chi connectivity index (χ1) is 5.82. The van der Waals surface area contributed by atoms with E-state index in [0.29, 0.717) is 5.41 Å². The number of aromatic amines is 1. The molecule has 0 saturated heterocycles. The summed E-state index contributed by atoms with van der Waals surface area (Å²) in [6.07, 6.45) is 6.93. The third-order valence-electron chi connectivity index (χ3n) is 3.51. The maximum absolute atomic E-state index is 6.17. The molecular formula is C9H13N3. The van der Waals surface area contributed by atoms with Crippen LogP contribution in [-0.2, 0) is 6.42 Å². The van der Waals surface area contributed by atoms with Gasteiger partial charge in [0.05, 0.1) is 6.20 Å². The van der Waals surface area contributed by atoms with Crippen LogP contribution < -0.4 is 5.73 Å². The van der Waals surface area contributed by atoms with Gasteiger partial charge in [-0.05, 0) is 31.1 Å². The number of aromatic nitrogens is 2. The van der Waals surface area contributed by atoms with Gasteiger partial charge in [-0.15, -0.1) is 0 Å². The molecule has 1 aromatic heterocycles. The smallest absolute Gasteiger partial charge is 0.0538 e. The maximum Gasteiger partial charge on any atom is 0.0538 e. The SMILES string of the molecule is NC1c2cn[nH]c2CCC12CC2. The maximum atomic E-state index is 6.17. The van der Waals surface area contributed by atoms with Gasteiger partial charge in [-0.2, -0.15) is 5.10 Å². The van der Waals surface area contributed by atoms with Crippen LogP contribution in [0.1, 0.15) is 36.6 Å². The van der Waals surface area contributed by atoms with E-state index in [4.69, 9.17) is 5.73 Å². The molecule has 1 atom stereocenters. The largest absolute Gasteiger partial charge is 0.323 e. The molecule has 0 aliphatic heterocycles. The van der Waals surface area contributed by atoms with E-state index in [-0.39, 0.29) is 6.04 Å². The third-order valence-corrected chi connectivity index (χ3v) is 3.51. The minimum Gasteiger partial charge on any atom is -0.323 e. The molecule has 0 aromatic carbocycles. The summed E-state index contributed by atoms with van der Waals surface area (Å²) in [5.74, 6) is 0. The number of hydrogen-bond donors (Lipinski definition) is 2. The molecule has 3 heteroatoms. The van der Waals surface area contributed by atoms with E-state index >= 15 is 0 Å². The molecule has 0 bridgehead atoms. The van der Waals surface area contributed by atoms with Crippen molar-refractivity contribution in [3.63, 3.8) is 0 Å². The van der Waals surface area contributed by atoms with Crippen molar-refractivity contribution in [3.05, 3.63) is 17.5 Å². The van der Waals surface area contributed by atoms with E-state index in [1.165, 1.54) is 30.5 Å². The van der Waals surface area contributed by atoms with Crippen LogP contribution in [0, 0.1) is 5.41 Å². The van der Waals surface area contributed by atoms with Gasteiger partial charge in [0.2, 0.25) is 0 Å². The summed E-state index contributed by atoms with van der Waals surface area (Å²) < 4.78 is 0. The van der Waals surface area contributed by atoms with Crippen molar-refractivity contribution in [1.82, 2.24) is 10.2 Å². The monoisotopic (exact) mass is 163 g/mol. The highest BCUT2D eigenvalue weighted by Crippen LogP contribution is 2.59. The summed E-state index contributed by atoms with van der Waals surface area (Å²) in [6.45, 7) is 0. The van der Waals surface area contributed by atoms with Crippen molar-refractivity contribution >= 4 is 0 Å². The van der Waals surface area contributed by atoms with Crippen molar-refractivity contribution < 1.29 is 0 Å². The molecule has 1 aromatic rings. The Morgan fingerprint density at radius 2 is 2.33 bits per heavy atom. The highest BCUT2D eigenvalue weighted by Gasteiger charge is 2.50. The Hall–Kier alpha value is -0.830. The standard InChI is InChI=1S/C9H13N3/c10-8-6-5-11-12-7(6)1-2-9(8)3-4-9/h5,8H,1-4,10H2,(H,11,12). The van der Waals surface area contributed by atoms with Crippen molar-refractivity contribution in [2.45, 2.75) is 31.7 Å². The number of nitrogens with one attached hydrogen (secondary N) is 1. The number of aryl methyl sites for hydroxylation is 1. The van der Waals surface area contributed by atoms with Gasteiger partial charge < -0.3 is 5.73 Å². The van der Waals surface area contributed by atoms with E-state index in [1.54, 1.807) is 0 Å². The van der Waals surface area contributed by atoms with Gasteiger partial charge in [0.15, 0.2) is 0 Å². The van der Waals surface area contributed by atoms with Gasteiger partial charge in [0.1, 0.15) is 0 Å². The summed E-state index contributed by atoms with van der Waals surface area (Å²) in [4.78, 5) is 0. The number of H-pyrrole nitrogens is 1. The Bertz CT molecular complexity index is 311. The predicted molar refractivity (Wildman–Crippen MR) is 45.5 cm³/mol. The zero-order valence-electron chi connectivity index (χ0n) is 7.01. The fourth-order valence-electron chi connectivity index (χ4n) is 2.37. The first-order valence-electron chi connectivity index (χ1n) is 4.60. The van der Waals surface area contributed by atoms with Gasteiger partial charge >= 0.3 is 0 Å². The van der Waals surface area contributed by atoms with Gasteiger partial charge in [0, 0.05) is 17.3 Å². The fraction of sp³-hybridized carbons (Fsp3) is 0.667. The molecule has 2 aliphatic rings. The molecule has 1 fully saturated rings. The lowest BCUT2D eigenvalue weighted by Crippen LogP contribution is -2.27. The topological polar surface area (TPSA) is 54.7 Å². The highest BCUT2D eigenvalue weighted by atomic mass is 15.1. The van der Waals surface area contributed by atoms with Crippen LogP contribution in [0.15, 0.2) is 6.20 Å². The fourth-order valence-corrected chi connectivity index (χ4v) is 2.37. The second-order valence-electron chi connectivity index (χ2n) is 4.14. The number of fused-ring (bicyclic) bond motifs is 1. The highest BCUT2D eigenvalue weighted by molar-refractivity contribution is 5.29. The zero-order chi connectivity index (χ0) is 8.18. The summed E-state index contributed by atoms with van der Waals surface area (Å²) in [6, 6.07) is 0.250. The first kappa shape index (κ1) is 6.66. The van der Waals surface area contributed by atoms with Crippen molar-refractivity contribution in [1.29, 1.82) is 0 Å². The minimum atomic E-state index is 0.250. The van der Waals surface area contributed by atoms with Gasteiger partial charge in [0.25, 0.3) is 0 Å². The number of nitrogens with two attached hydrogens (primary N) is 1. The molecule has 2 aliphatic carbocycles. The minimum absolute atomic E-state index is 0.250. The molecule has 1 heterocycles. The van der Waals surface area contributed by atoms with Crippen molar-refractivity contribution in [3.8, 4) is 0 Å². The van der Waals surface area contributed by atoms with Crippen LogP contribution in [0.25, 0.3) is 0 Å². The molecule has 3 nitrogen and oxygen atoms in total. The molecule has 0 amide bonds. The van der Waals surface area contributed by atoms with E-state index in [0.717, 1.165) is 6.42 Å². The van der Waals surface area contributed by atoms with E-state index < -0.39 is 0 Å². The second-order valence-corrected chi connectivity index (χ2v) is 4.14. The van der Waals surface area contributed by atoms with E-state index in [1.807, 2.05) is 6.20 Å². The third kappa shape index (κ3) is 0.672. The molecule has 12 heavy (non-hydrogen) atoms. The Balaban J connectivity index is 2.07. The number of rotatable bonds is 0. The molecule has 1 spiro atoms. The molecule has 0 radical (unpaired) electrons. The van der Waals surface area contributed by atoms with Crippen LogP contribution in [-0.4, -0.2) is 10.2 Å². The summed E-state index contributed by atoms with van der Waals surface area (Å²) in [7, 11) is 0. The Labute approximate surface area is 71.3 Å². The van der Waals surface area contributed by atoms with E-state index in [2.05, 4.69) is 10.2 Å². The van der Waals surface area contributed by atoms with Crippen molar-refractivity contribution in [2.24, 2.45) is 11.1 Å². The van der Waals surface area contributed by atoms with Crippen LogP contribution in [0.5, 0.6) is 0 Å².